The molecule has 0 atom stereocenters. The van der Waals surface area contributed by atoms with E-state index < -0.39 is 4.92 Å². The molecule has 0 saturated heterocycles. The Balaban J connectivity index is 1.37. The van der Waals surface area contributed by atoms with Crippen LogP contribution in [0.1, 0.15) is 9.67 Å². The topological polar surface area (TPSA) is 108 Å². The summed E-state index contributed by atoms with van der Waals surface area (Å²) < 4.78 is 11.9. The molecule has 5 aromatic rings. The second kappa shape index (κ2) is 7.49. The number of non-ortho nitro benzene ring substituents is 1. The van der Waals surface area contributed by atoms with E-state index in [0.29, 0.717) is 32.4 Å². The zero-order valence-electron chi connectivity index (χ0n) is 15.9. The first-order chi connectivity index (χ1) is 15.0. The minimum atomic E-state index is -0.456. The van der Waals surface area contributed by atoms with Crippen molar-refractivity contribution >= 4 is 60.5 Å². The van der Waals surface area contributed by atoms with Crippen LogP contribution in [0.3, 0.4) is 0 Å². The quantitative estimate of drug-likeness (QED) is 0.262. The van der Waals surface area contributed by atoms with Crippen LogP contribution >= 0.6 is 22.7 Å². The molecule has 0 aliphatic rings. The van der Waals surface area contributed by atoms with Crippen molar-refractivity contribution in [1.29, 1.82) is 0 Å². The molecule has 0 aliphatic heterocycles. The molecule has 0 aliphatic carbocycles. The Morgan fingerprint density at radius 1 is 1.16 bits per heavy atom. The number of thiophene rings is 1. The summed E-state index contributed by atoms with van der Waals surface area (Å²) in [6.45, 7) is 0. The van der Waals surface area contributed by atoms with Gasteiger partial charge in [-0.25, -0.2) is 4.98 Å². The number of carbonyl (C=O) groups excluding carboxylic acids is 1. The van der Waals surface area contributed by atoms with Crippen LogP contribution in [-0.2, 0) is 0 Å². The third-order valence-electron chi connectivity index (χ3n) is 4.64. The number of rotatable bonds is 5. The standard InChI is InChI=1S/C21H13N3O5S2/c1-28-14-3-4-16-11(7-14)8-17(29-16)15-10-30-21(22-15)23-20(25)19-9-12-6-13(24(26)27)2-5-18(12)31-19/h2-10H,1H3,(H,22,23,25). The van der Waals surface area contributed by atoms with Gasteiger partial charge in [-0.15, -0.1) is 22.7 Å². The lowest BCUT2D eigenvalue weighted by molar-refractivity contribution is -0.384. The molecule has 3 heterocycles. The van der Waals surface area contributed by atoms with Crippen LogP contribution in [0.2, 0.25) is 0 Å². The molecule has 0 fully saturated rings. The Morgan fingerprint density at radius 2 is 2.03 bits per heavy atom. The van der Waals surface area contributed by atoms with Gasteiger partial charge in [0.25, 0.3) is 11.6 Å². The van der Waals surface area contributed by atoms with E-state index >= 15 is 0 Å². The predicted octanol–water partition coefficient (Wildman–Crippen LogP) is 5.94. The van der Waals surface area contributed by atoms with Gasteiger partial charge in [0.2, 0.25) is 0 Å². The highest BCUT2D eigenvalue weighted by atomic mass is 32.1. The van der Waals surface area contributed by atoms with Crippen molar-refractivity contribution in [2.24, 2.45) is 0 Å². The van der Waals surface area contributed by atoms with Crippen molar-refractivity contribution in [3.8, 4) is 17.2 Å². The Bertz CT molecular complexity index is 1470. The Morgan fingerprint density at radius 3 is 2.84 bits per heavy atom. The van der Waals surface area contributed by atoms with E-state index in [1.54, 1.807) is 24.6 Å². The lowest BCUT2D eigenvalue weighted by Gasteiger charge is -1.97. The molecule has 0 radical (unpaired) electrons. The van der Waals surface area contributed by atoms with Crippen LogP contribution in [0.25, 0.3) is 32.5 Å². The van der Waals surface area contributed by atoms with Gasteiger partial charge < -0.3 is 9.15 Å². The van der Waals surface area contributed by atoms with Gasteiger partial charge in [-0.2, -0.15) is 0 Å². The highest BCUT2D eigenvalue weighted by Crippen LogP contribution is 2.33. The first-order valence-electron chi connectivity index (χ1n) is 9.03. The monoisotopic (exact) mass is 451 g/mol. The molecular weight excluding hydrogens is 438 g/mol. The number of furan rings is 1. The SMILES string of the molecule is COc1ccc2oc(-c3csc(NC(=O)c4cc5cc([N+](=O)[O-])ccc5s4)n3)cc2c1. The number of methoxy groups -OCH3 is 1. The number of benzene rings is 2. The Labute approximate surface area is 182 Å². The highest BCUT2D eigenvalue weighted by molar-refractivity contribution is 7.21. The number of nitro benzene ring substituents is 1. The third-order valence-corrected chi connectivity index (χ3v) is 6.51. The molecule has 154 valence electrons. The largest absolute Gasteiger partial charge is 0.497 e. The molecule has 8 nitrogen and oxygen atoms in total. The summed E-state index contributed by atoms with van der Waals surface area (Å²) in [6.07, 6.45) is 0. The van der Waals surface area contributed by atoms with E-state index in [1.807, 2.05) is 24.3 Å². The van der Waals surface area contributed by atoms with Gasteiger partial charge in [0.15, 0.2) is 10.9 Å². The van der Waals surface area contributed by atoms with Crippen molar-refractivity contribution < 1.29 is 18.9 Å². The zero-order chi connectivity index (χ0) is 21.5. The molecule has 3 aromatic heterocycles. The molecule has 5 rings (SSSR count). The Hall–Kier alpha value is -3.76. The molecule has 1 amide bonds. The van der Waals surface area contributed by atoms with Crippen molar-refractivity contribution in [3.63, 3.8) is 0 Å². The van der Waals surface area contributed by atoms with E-state index in [4.69, 9.17) is 9.15 Å². The van der Waals surface area contributed by atoms with Crippen molar-refractivity contribution in [1.82, 2.24) is 4.98 Å². The summed E-state index contributed by atoms with van der Waals surface area (Å²) in [7, 11) is 1.61. The van der Waals surface area contributed by atoms with E-state index in [0.717, 1.165) is 15.8 Å². The molecule has 10 heteroatoms. The normalized spacial score (nSPS) is 11.1. The first-order valence-corrected chi connectivity index (χ1v) is 10.7. The fourth-order valence-electron chi connectivity index (χ4n) is 3.13. The summed E-state index contributed by atoms with van der Waals surface area (Å²) in [6, 6.07) is 13.6. The van der Waals surface area contributed by atoms with Crippen molar-refractivity contribution in [2.75, 3.05) is 12.4 Å². The summed E-state index contributed by atoms with van der Waals surface area (Å²) >= 11 is 2.55. The van der Waals surface area contributed by atoms with Crippen molar-refractivity contribution in [3.05, 3.63) is 68.9 Å². The third kappa shape index (κ3) is 3.62. The maximum atomic E-state index is 12.7. The number of fused-ring (bicyclic) bond motifs is 2. The number of hydrogen-bond donors (Lipinski definition) is 1. The highest BCUT2D eigenvalue weighted by Gasteiger charge is 2.16. The molecule has 2 aromatic carbocycles. The second-order valence-electron chi connectivity index (χ2n) is 6.60. The van der Waals surface area contributed by atoms with E-state index in [2.05, 4.69) is 10.3 Å². The van der Waals surface area contributed by atoms with Gasteiger partial charge in [-0.3, -0.25) is 20.2 Å². The fourth-order valence-corrected chi connectivity index (χ4v) is 4.77. The first kappa shape index (κ1) is 19.2. The number of hydrogen-bond acceptors (Lipinski definition) is 8. The van der Waals surface area contributed by atoms with Crippen LogP contribution < -0.4 is 10.1 Å². The van der Waals surface area contributed by atoms with Crippen LogP contribution in [0.4, 0.5) is 10.8 Å². The number of aromatic nitrogens is 1. The van der Waals surface area contributed by atoms with E-state index in [9.17, 15) is 14.9 Å². The molecule has 0 spiro atoms. The molecular formula is C21H13N3O5S2. The number of anilines is 1. The summed E-state index contributed by atoms with van der Waals surface area (Å²) in [5.74, 6) is 1.01. The maximum absolute atomic E-state index is 12.7. The minimum Gasteiger partial charge on any atom is -0.497 e. The number of amides is 1. The number of carbonyl (C=O) groups is 1. The van der Waals surface area contributed by atoms with Crippen molar-refractivity contribution in [2.45, 2.75) is 0 Å². The summed E-state index contributed by atoms with van der Waals surface area (Å²) in [5, 5.41) is 17.5. The van der Waals surface area contributed by atoms with Crippen LogP contribution in [0, 0.1) is 10.1 Å². The fraction of sp³-hybridized carbons (Fsp3) is 0.0476. The molecule has 0 unspecified atom stereocenters. The molecule has 0 bridgehead atoms. The van der Waals surface area contributed by atoms with E-state index in [1.165, 1.54) is 34.8 Å². The molecule has 1 N–H and O–H groups in total. The van der Waals surface area contributed by atoms with Crippen LogP contribution in [0.15, 0.2) is 58.3 Å². The average Bonchev–Trinajstić information content (AvgIpc) is 3.49. The lowest BCUT2D eigenvalue weighted by atomic mass is 10.2. The van der Waals surface area contributed by atoms with Gasteiger partial charge in [0.1, 0.15) is 17.0 Å². The number of ether oxygens (including phenoxy) is 1. The van der Waals surface area contributed by atoms with Gasteiger partial charge >= 0.3 is 0 Å². The summed E-state index contributed by atoms with van der Waals surface area (Å²) in [4.78, 5) is 28.0. The van der Waals surface area contributed by atoms with E-state index in [-0.39, 0.29) is 11.6 Å². The van der Waals surface area contributed by atoms with Gasteiger partial charge in [0, 0.05) is 33.0 Å². The lowest BCUT2D eigenvalue weighted by Crippen LogP contribution is -2.09. The zero-order valence-corrected chi connectivity index (χ0v) is 17.6. The predicted molar refractivity (Wildman–Crippen MR) is 120 cm³/mol. The van der Waals surface area contributed by atoms with Crippen LogP contribution in [-0.4, -0.2) is 22.9 Å². The number of nitrogens with zero attached hydrogens (tertiary/aromatic N) is 2. The summed E-state index contributed by atoms with van der Waals surface area (Å²) in [5.41, 5.74) is 1.32. The molecule has 31 heavy (non-hydrogen) atoms. The Kier molecular flexibility index (Phi) is 4.64. The number of thiazole rings is 1. The van der Waals surface area contributed by atoms with Gasteiger partial charge in [-0.1, -0.05) is 0 Å². The number of nitrogens with one attached hydrogen (secondary N) is 1. The van der Waals surface area contributed by atoms with Gasteiger partial charge in [-0.05, 0) is 36.4 Å². The smallest absolute Gasteiger partial charge is 0.270 e. The minimum absolute atomic E-state index is 0.00900. The van der Waals surface area contributed by atoms with Crippen LogP contribution in [0.5, 0.6) is 5.75 Å². The second-order valence-corrected chi connectivity index (χ2v) is 8.54. The van der Waals surface area contributed by atoms with Gasteiger partial charge in [0.05, 0.1) is 16.9 Å². The average molecular weight is 451 g/mol. The number of nitro groups is 1. The maximum Gasteiger partial charge on any atom is 0.270 e. The molecule has 0 saturated carbocycles.